The predicted octanol–water partition coefficient (Wildman–Crippen LogP) is 1.80. The highest BCUT2D eigenvalue weighted by atomic mass is 16.4. The van der Waals surface area contributed by atoms with Gasteiger partial charge in [0, 0.05) is 6.20 Å². The Kier molecular flexibility index (Phi) is 3.64. The fourth-order valence-electron chi connectivity index (χ4n) is 2.68. The maximum absolute atomic E-state index is 11.2. The minimum Gasteiger partial charge on any atom is -0.478 e. The first kappa shape index (κ1) is 13.1. The summed E-state index contributed by atoms with van der Waals surface area (Å²) in [6.45, 7) is 2.84. The summed E-state index contributed by atoms with van der Waals surface area (Å²) in [5, 5.41) is 13.5. The summed E-state index contributed by atoms with van der Waals surface area (Å²) < 4.78 is 1.55. The highest BCUT2D eigenvalue weighted by molar-refractivity contribution is 5.94. The minimum absolute atomic E-state index is 0.196. The number of hydrogen-bond donors (Lipinski definition) is 1. The molecule has 0 radical (unpaired) electrons. The molecule has 2 aromatic heterocycles. The summed E-state index contributed by atoms with van der Waals surface area (Å²) in [7, 11) is 0. The van der Waals surface area contributed by atoms with Crippen LogP contribution >= 0.6 is 0 Å². The molecular formula is C14H18N4O2. The molecule has 0 atom stereocenters. The minimum atomic E-state index is -0.968. The fraction of sp³-hybridized carbons (Fsp3) is 0.500. The Balaban J connectivity index is 1.85. The van der Waals surface area contributed by atoms with Crippen molar-refractivity contribution in [3.8, 4) is 0 Å². The van der Waals surface area contributed by atoms with E-state index in [4.69, 9.17) is 5.11 Å². The van der Waals surface area contributed by atoms with Crippen LogP contribution in [-0.4, -0.2) is 43.7 Å². The van der Waals surface area contributed by atoms with Crippen molar-refractivity contribution in [1.29, 1.82) is 0 Å². The highest BCUT2D eigenvalue weighted by Gasteiger charge is 2.15. The van der Waals surface area contributed by atoms with Crippen molar-refractivity contribution in [2.75, 3.05) is 13.1 Å². The van der Waals surface area contributed by atoms with Gasteiger partial charge in [-0.1, -0.05) is 12.8 Å². The molecule has 0 amide bonds. The lowest BCUT2D eigenvalue weighted by Crippen LogP contribution is -2.24. The zero-order chi connectivity index (χ0) is 13.9. The van der Waals surface area contributed by atoms with E-state index in [0.29, 0.717) is 18.0 Å². The normalized spacial score (nSPS) is 17.2. The lowest BCUT2D eigenvalue weighted by molar-refractivity contribution is 0.0698. The number of aromatic nitrogens is 3. The largest absolute Gasteiger partial charge is 0.478 e. The molecule has 6 nitrogen and oxygen atoms in total. The maximum atomic E-state index is 11.2. The zero-order valence-electron chi connectivity index (χ0n) is 11.3. The van der Waals surface area contributed by atoms with Crippen LogP contribution in [0.2, 0.25) is 0 Å². The molecule has 2 aromatic rings. The Morgan fingerprint density at radius 1 is 1.25 bits per heavy atom. The number of carbonyl (C=O) groups is 1. The third kappa shape index (κ3) is 2.65. The van der Waals surface area contributed by atoms with Gasteiger partial charge in [-0.25, -0.2) is 14.3 Å². The summed E-state index contributed by atoms with van der Waals surface area (Å²) in [5.41, 5.74) is 0.618. The molecule has 0 spiro atoms. The van der Waals surface area contributed by atoms with Gasteiger partial charge in [-0.05, 0) is 38.1 Å². The first-order valence-corrected chi connectivity index (χ1v) is 7.04. The Morgan fingerprint density at radius 2 is 2.00 bits per heavy atom. The van der Waals surface area contributed by atoms with Crippen molar-refractivity contribution in [3.63, 3.8) is 0 Å². The standard InChI is InChI=1S/C14H18N4O2/c19-14(20)11-6-5-9-18-13(11)15-12(16-18)10-17-7-3-1-2-4-8-17/h5-6,9H,1-4,7-8,10H2,(H,19,20). The third-order valence-corrected chi connectivity index (χ3v) is 3.70. The zero-order valence-corrected chi connectivity index (χ0v) is 11.3. The number of fused-ring (bicyclic) bond motifs is 1. The fourth-order valence-corrected chi connectivity index (χ4v) is 2.68. The van der Waals surface area contributed by atoms with E-state index in [1.807, 2.05) is 0 Å². The molecule has 0 unspecified atom stereocenters. The summed E-state index contributed by atoms with van der Waals surface area (Å²) in [4.78, 5) is 17.9. The molecular weight excluding hydrogens is 256 g/mol. The topological polar surface area (TPSA) is 70.7 Å². The number of hydrogen-bond acceptors (Lipinski definition) is 4. The van der Waals surface area contributed by atoms with Gasteiger partial charge in [0.25, 0.3) is 0 Å². The first-order valence-electron chi connectivity index (χ1n) is 7.04. The number of pyridine rings is 1. The monoisotopic (exact) mass is 274 g/mol. The van der Waals surface area contributed by atoms with Crippen LogP contribution in [0, 0.1) is 0 Å². The molecule has 0 aromatic carbocycles. The van der Waals surface area contributed by atoms with Crippen molar-refractivity contribution >= 4 is 11.6 Å². The summed E-state index contributed by atoms with van der Waals surface area (Å²) in [6, 6.07) is 3.24. The Labute approximate surface area is 117 Å². The van der Waals surface area contributed by atoms with Gasteiger partial charge in [0.05, 0.1) is 6.54 Å². The van der Waals surface area contributed by atoms with Gasteiger partial charge in [0.2, 0.25) is 0 Å². The van der Waals surface area contributed by atoms with Crippen molar-refractivity contribution in [2.24, 2.45) is 0 Å². The van der Waals surface area contributed by atoms with Crippen molar-refractivity contribution in [3.05, 3.63) is 29.7 Å². The molecule has 3 rings (SSSR count). The molecule has 3 heterocycles. The molecule has 1 N–H and O–H groups in total. The van der Waals surface area contributed by atoms with E-state index < -0.39 is 5.97 Å². The van der Waals surface area contributed by atoms with Crippen molar-refractivity contribution < 1.29 is 9.90 Å². The van der Waals surface area contributed by atoms with E-state index in [1.165, 1.54) is 25.7 Å². The van der Waals surface area contributed by atoms with Crippen LogP contribution in [-0.2, 0) is 6.54 Å². The second-order valence-corrected chi connectivity index (χ2v) is 5.21. The second-order valence-electron chi connectivity index (χ2n) is 5.21. The number of carboxylic acids is 1. The lowest BCUT2D eigenvalue weighted by atomic mass is 10.2. The van der Waals surface area contributed by atoms with E-state index in [2.05, 4.69) is 15.0 Å². The van der Waals surface area contributed by atoms with Crippen LogP contribution in [0.25, 0.3) is 5.65 Å². The molecule has 0 bridgehead atoms. The second kappa shape index (κ2) is 5.58. The first-order chi connectivity index (χ1) is 9.74. The highest BCUT2D eigenvalue weighted by Crippen LogP contribution is 2.13. The van der Waals surface area contributed by atoms with Crippen molar-refractivity contribution in [1.82, 2.24) is 19.5 Å². The Hall–Kier alpha value is -1.95. The van der Waals surface area contributed by atoms with Gasteiger partial charge in [-0.3, -0.25) is 4.90 Å². The van der Waals surface area contributed by atoms with E-state index in [0.717, 1.165) is 13.1 Å². The molecule has 1 saturated heterocycles. The number of aromatic carboxylic acids is 1. The smallest absolute Gasteiger partial charge is 0.339 e. The van der Waals surface area contributed by atoms with Crippen LogP contribution in [0.4, 0.5) is 0 Å². The molecule has 6 heteroatoms. The van der Waals surface area contributed by atoms with Crippen LogP contribution in [0.15, 0.2) is 18.3 Å². The van der Waals surface area contributed by atoms with E-state index in [-0.39, 0.29) is 5.56 Å². The van der Waals surface area contributed by atoms with E-state index in [1.54, 1.807) is 22.8 Å². The summed E-state index contributed by atoms with van der Waals surface area (Å²) in [6.07, 6.45) is 6.75. The number of likely N-dealkylation sites (tertiary alicyclic amines) is 1. The summed E-state index contributed by atoms with van der Waals surface area (Å²) >= 11 is 0. The SMILES string of the molecule is O=C(O)c1cccn2nc(CN3CCCCCC3)nc12. The van der Waals surface area contributed by atoms with E-state index >= 15 is 0 Å². The average Bonchev–Trinajstić information content (AvgIpc) is 2.65. The Morgan fingerprint density at radius 3 is 2.70 bits per heavy atom. The van der Waals surface area contributed by atoms with Gasteiger partial charge in [0.15, 0.2) is 11.5 Å². The molecule has 106 valence electrons. The van der Waals surface area contributed by atoms with Gasteiger partial charge >= 0.3 is 5.97 Å². The quantitative estimate of drug-likeness (QED) is 0.924. The van der Waals surface area contributed by atoms with E-state index in [9.17, 15) is 4.79 Å². The third-order valence-electron chi connectivity index (χ3n) is 3.70. The molecule has 1 aliphatic rings. The van der Waals surface area contributed by atoms with Crippen LogP contribution in [0.3, 0.4) is 0 Å². The van der Waals surface area contributed by atoms with Gasteiger partial charge in [0.1, 0.15) is 5.56 Å². The molecule has 1 fully saturated rings. The molecule has 0 saturated carbocycles. The number of carboxylic acid groups (broad SMARTS) is 1. The van der Waals surface area contributed by atoms with Gasteiger partial charge in [-0.2, -0.15) is 0 Å². The van der Waals surface area contributed by atoms with Crippen LogP contribution in [0.5, 0.6) is 0 Å². The number of nitrogens with zero attached hydrogens (tertiary/aromatic N) is 4. The van der Waals surface area contributed by atoms with Crippen LogP contribution in [0.1, 0.15) is 41.9 Å². The average molecular weight is 274 g/mol. The lowest BCUT2D eigenvalue weighted by Gasteiger charge is -2.17. The van der Waals surface area contributed by atoms with Crippen molar-refractivity contribution in [2.45, 2.75) is 32.2 Å². The van der Waals surface area contributed by atoms with Gasteiger partial charge in [-0.15, -0.1) is 5.10 Å². The van der Waals surface area contributed by atoms with Gasteiger partial charge < -0.3 is 5.11 Å². The predicted molar refractivity (Wildman–Crippen MR) is 73.7 cm³/mol. The van der Waals surface area contributed by atoms with Crippen LogP contribution < -0.4 is 0 Å². The summed E-state index contributed by atoms with van der Waals surface area (Å²) in [5.74, 6) is -0.273. The maximum Gasteiger partial charge on any atom is 0.339 e. The molecule has 1 aliphatic heterocycles. The molecule has 20 heavy (non-hydrogen) atoms. The Bertz CT molecular complexity index is 615. The number of rotatable bonds is 3. The molecule has 0 aliphatic carbocycles.